The summed E-state index contributed by atoms with van der Waals surface area (Å²) in [5.41, 5.74) is 3.56. The molecular weight excluding hydrogens is 453 g/mol. The normalized spacial score (nSPS) is 18.2. The predicted molar refractivity (Wildman–Crippen MR) is 124 cm³/mol. The highest BCUT2D eigenvalue weighted by Gasteiger charge is 2.32. The maximum Gasteiger partial charge on any atom is 0.304 e. The second-order valence-corrected chi connectivity index (χ2v) is 8.92. The van der Waals surface area contributed by atoms with Gasteiger partial charge in [-0.15, -0.1) is 0 Å². The lowest BCUT2D eigenvalue weighted by molar-refractivity contribution is -0.137. The third-order valence-electron chi connectivity index (χ3n) is 6.66. The number of aliphatic carboxylic acids is 1. The molecule has 1 aliphatic heterocycles. The van der Waals surface area contributed by atoms with E-state index in [4.69, 9.17) is 23.8 Å². The standard InChI is InChI=1S/C27H22FNO6/c1-14-18-4-2-17(12-25(18)35-29-14)33-22-9-7-21(28)27-20(22)6-8-23(27)34-16-3-5-19-15(10-26(30)31)13-32-24(19)11-16/h2-5,7,9,11-12,15,23H,6,8,10,13H2,1H3,(H,30,31)/t15-,23-/m1/s1. The quantitative estimate of drug-likeness (QED) is 0.361. The highest BCUT2D eigenvalue weighted by Crippen LogP contribution is 2.44. The number of carboxylic acid groups (broad SMARTS) is 1. The molecule has 8 heteroatoms. The first-order valence-corrected chi connectivity index (χ1v) is 11.5. The van der Waals surface area contributed by atoms with Gasteiger partial charge >= 0.3 is 5.97 Å². The average molecular weight is 475 g/mol. The largest absolute Gasteiger partial charge is 0.492 e. The number of aromatic nitrogens is 1. The Morgan fingerprint density at radius 3 is 2.89 bits per heavy atom. The van der Waals surface area contributed by atoms with Crippen molar-refractivity contribution in [3.63, 3.8) is 0 Å². The summed E-state index contributed by atoms with van der Waals surface area (Å²) in [4.78, 5) is 11.1. The minimum atomic E-state index is -0.862. The molecule has 6 rings (SSSR count). The van der Waals surface area contributed by atoms with Crippen LogP contribution in [0.2, 0.25) is 0 Å². The number of rotatable bonds is 6. The molecule has 0 saturated carbocycles. The van der Waals surface area contributed by atoms with Crippen LogP contribution in [-0.2, 0) is 11.2 Å². The molecule has 1 N–H and O–H groups in total. The minimum Gasteiger partial charge on any atom is -0.492 e. The highest BCUT2D eigenvalue weighted by molar-refractivity contribution is 5.80. The lowest BCUT2D eigenvalue weighted by Gasteiger charge is -2.17. The van der Waals surface area contributed by atoms with Crippen molar-refractivity contribution < 1.29 is 33.0 Å². The maximum atomic E-state index is 14.9. The van der Waals surface area contributed by atoms with Crippen LogP contribution in [0.15, 0.2) is 53.1 Å². The van der Waals surface area contributed by atoms with Crippen molar-refractivity contribution in [2.75, 3.05) is 6.61 Å². The van der Waals surface area contributed by atoms with Crippen molar-refractivity contribution in [2.45, 2.75) is 38.2 Å². The predicted octanol–water partition coefficient (Wildman–Crippen LogP) is 6.08. The minimum absolute atomic E-state index is 0.0141. The zero-order chi connectivity index (χ0) is 24.1. The van der Waals surface area contributed by atoms with Crippen molar-refractivity contribution in [1.82, 2.24) is 5.16 Å². The van der Waals surface area contributed by atoms with Crippen molar-refractivity contribution in [3.05, 3.63) is 76.7 Å². The fraction of sp³-hybridized carbons (Fsp3) is 0.259. The van der Waals surface area contributed by atoms with Crippen LogP contribution in [0.3, 0.4) is 0 Å². The summed E-state index contributed by atoms with van der Waals surface area (Å²) in [5, 5.41) is 14.0. The number of ether oxygens (including phenoxy) is 3. The number of fused-ring (bicyclic) bond motifs is 3. The van der Waals surface area contributed by atoms with Gasteiger partial charge in [0.1, 0.15) is 34.9 Å². The SMILES string of the molecule is Cc1noc2cc(Oc3ccc(F)c4c3CC[C@H]4Oc3ccc4c(c3)OC[C@H]4CC(=O)O)ccc12. The zero-order valence-corrected chi connectivity index (χ0v) is 18.9. The molecule has 1 aliphatic carbocycles. The molecule has 4 aromatic rings. The maximum absolute atomic E-state index is 14.9. The number of hydrogen-bond acceptors (Lipinski definition) is 6. The van der Waals surface area contributed by atoms with Crippen molar-refractivity contribution in [1.29, 1.82) is 0 Å². The summed E-state index contributed by atoms with van der Waals surface area (Å²) >= 11 is 0. The summed E-state index contributed by atoms with van der Waals surface area (Å²) < 4.78 is 38.2. The van der Waals surface area contributed by atoms with E-state index >= 15 is 0 Å². The summed E-state index contributed by atoms with van der Waals surface area (Å²) in [6.07, 6.45) is 0.758. The van der Waals surface area contributed by atoms with Crippen molar-refractivity contribution >= 4 is 16.9 Å². The van der Waals surface area contributed by atoms with Crippen LogP contribution in [0.5, 0.6) is 23.0 Å². The summed E-state index contributed by atoms with van der Waals surface area (Å²) in [6.45, 7) is 2.20. The smallest absolute Gasteiger partial charge is 0.304 e. The molecular formula is C27H22FNO6. The van der Waals surface area contributed by atoms with Gasteiger partial charge in [0.2, 0.25) is 0 Å². The first-order valence-electron chi connectivity index (χ1n) is 11.5. The van der Waals surface area contributed by atoms with E-state index in [-0.39, 0.29) is 18.2 Å². The van der Waals surface area contributed by atoms with E-state index in [0.29, 0.717) is 53.6 Å². The van der Waals surface area contributed by atoms with Crippen LogP contribution in [-0.4, -0.2) is 22.8 Å². The van der Waals surface area contributed by atoms with Crippen LogP contribution in [0.4, 0.5) is 4.39 Å². The molecule has 178 valence electrons. The Bertz CT molecular complexity index is 1460. The van der Waals surface area contributed by atoms with Gasteiger partial charge in [0.05, 0.1) is 18.7 Å². The topological polar surface area (TPSA) is 91.0 Å². The third-order valence-corrected chi connectivity index (χ3v) is 6.66. The number of nitrogens with zero attached hydrogens (tertiary/aromatic N) is 1. The number of halogens is 1. The van der Waals surface area contributed by atoms with Gasteiger partial charge in [-0.2, -0.15) is 0 Å². The average Bonchev–Trinajstić information content (AvgIpc) is 3.54. The Morgan fingerprint density at radius 2 is 2.03 bits per heavy atom. The van der Waals surface area contributed by atoms with Crippen LogP contribution in [0.1, 0.15) is 47.2 Å². The molecule has 0 amide bonds. The number of hydrogen-bond donors (Lipinski definition) is 1. The first kappa shape index (κ1) is 21.5. The van der Waals surface area contributed by atoms with Gasteiger partial charge in [-0.1, -0.05) is 11.2 Å². The Kier molecular flexibility index (Phi) is 5.09. The number of carboxylic acids is 1. The number of aryl methyl sites for hydroxylation is 1. The number of carbonyl (C=O) groups is 1. The van der Waals surface area contributed by atoms with E-state index in [1.807, 2.05) is 25.1 Å². The van der Waals surface area contributed by atoms with E-state index in [2.05, 4.69) is 5.16 Å². The van der Waals surface area contributed by atoms with Gasteiger partial charge < -0.3 is 23.8 Å². The summed E-state index contributed by atoms with van der Waals surface area (Å²) in [6, 6.07) is 13.9. The van der Waals surface area contributed by atoms with Crippen LogP contribution in [0, 0.1) is 12.7 Å². The van der Waals surface area contributed by atoms with Gasteiger partial charge in [0.25, 0.3) is 0 Å². The molecule has 0 fully saturated rings. The van der Waals surface area contributed by atoms with E-state index in [9.17, 15) is 9.18 Å². The number of benzene rings is 3. The second-order valence-electron chi connectivity index (χ2n) is 8.92. The van der Waals surface area contributed by atoms with Crippen LogP contribution < -0.4 is 14.2 Å². The lowest BCUT2D eigenvalue weighted by atomic mass is 9.98. The molecule has 2 heterocycles. The van der Waals surface area contributed by atoms with E-state index in [1.165, 1.54) is 6.07 Å². The molecule has 0 radical (unpaired) electrons. The van der Waals surface area contributed by atoms with Gasteiger partial charge in [-0.3, -0.25) is 4.79 Å². The second kappa shape index (κ2) is 8.30. The summed E-state index contributed by atoms with van der Waals surface area (Å²) in [5.74, 6) is 0.946. The fourth-order valence-corrected chi connectivity index (χ4v) is 4.96. The lowest BCUT2D eigenvalue weighted by Crippen LogP contribution is -2.07. The molecule has 2 aliphatic rings. The Labute approximate surface area is 200 Å². The third kappa shape index (κ3) is 3.84. The molecule has 7 nitrogen and oxygen atoms in total. The van der Waals surface area contributed by atoms with Gasteiger partial charge in [0.15, 0.2) is 5.58 Å². The van der Waals surface area contributed by atoms with Crippen LogP contribution in [0.25, 0.3) is 11.0 Å². The molecule has 2 atom stereocenters. The van der Waals surface area contributed by atoms with Crippen molar-refractivity contribution in [2.24, 2.45) is 0 Å². The Balaban J connectivity index is 1.24. The molecule has 0 saturated heterocycles. The monoisotopic (exact) mass is 475 g/mol. The van der Waals surface area contributed by atoms with E-state index in [1.54, 1.807) is 24.3 Å². The molecule has 0 unspecified atom stereocenters. The first-order chi connectivity index (χ1) is 17.0. The molecule has 0 spiro atoms. The van der Waals surface area contributed by atoms with Crippen molar-refractivity contribution in [3.8, 4) is 23.0 Å². The zero-order valence-electron chi connectivity index (χ0n) is 18.9. The summed E-state index contributed by atoms with van der Waals surface area (Å²) in [7, 11) is 0. The Morgan fingerprint density at radius 1 is 1.17 bits per heavy atom. The molecule has 3 aromatic carbocycles. The van der Waals surface area contributed by atoms with Gasteiger partial charge in [0, 0.05) is 40.1 Å². The highest BCUT2D eigenvalue weighted by atomic mass is 19.1. The molecule has 35 heavy (non-hydrogen) atoms. The van der Waals surface area contributed by atoms with Crippen LogP contribution >= 0.6 is 0 Å². The molecule has 1 aromatic heterocycles. The fourth-order valence-electron chi connectivity index (χ4n) is 4.96. The van der Waals surface area contributed by atoms with Gasteiger partial charge in [-0.05, 0) is 50.1 Å². The molecule has 0 bridgehead atoms. The Hall–Kier alpha value is -4.07. The van der Waals surface area contributed by atoms with E-state index < -0.39 is 12.1 Å². The van der Waals surface area contributed by atoms with E-state index in [0.717, 1.165) is 22.2 Å². The van der Waals surface area contributed by atoms with Gasteiger partial charge in [-0.25, -0.2) is 4.39 Å².